The molecule has 34 heavy (non-hydrogen) atoms. The zero-order chi connectivity index (χ0) is 24.6. The van der Waals surface area contributed by atoms with Crippen LogP contribution >= 0.6 is 0 Å². The zero-order valence-corrected chi connectivity index (χ0v) is 19.9. The quantitative estimate of drug-likeness (QED) is 0.516. The number of benzene rings is 3. The second-order valence-corrected chi connectivity index (χ2v) is 8.67. The Hall–Kier alpha value is -4.19. The highest BCUT2D eigenvalue weighted by molar-refractivity contribution is 6.46. The second kappa shape index (κ2) is 8.98. The SMILES string of the molecule is CC(=O)Nc1ccc(N2C(=O)C(Nc3cc(C)ccc3C)=C(c3ccc(C)c(C)c3)C2=O)cc1. The Morgan fingerprint density at radius 3 is 2.09 bits per heavy atom. The maximum absolute atomic E-state index is 13.7. The Labute approximate surface area is 199 Å². The standard InChI is InChI=1S/C28H27N3O3/c1-16-6-7-18(3)24(14-16)30-26-25(21-9-8-17(2)19(4)15-21)27(33)31(28(26)34)23-12-10-22(11-13-23)29-20(5)32/h6-15,30H,1-5H3,(H,29,32). The lowest BCUT2D eigenvalue weighted by atomic mass is 9.99. The van der Waals surface area contributed by atoms with Gasteiger partial charge in [-0.05, 0) is 85.8 Å². The molecule has 1 aliphatic rings. The van der Waals surface area contributed by atoms with Crippen LogP contribution in [0.1, 0.15) is 34.7 Å². The maximum Gasteiger partial charge on any atom is 0.282 e. The molecule has 0 saturated carbocycles. The van der Waals surface area contributed by atoms with Crippen LogP contribution in [0.25, 0.3) is 5.57 Å². The summed E-state index contributed by atoms with van der Waals surface area (Å²) in [6.45, 7) is 9.35. The van der Waals surface area contributed by atoms with Crippen LogP contribution in [0.2, 0.25) is 0 Å². The molecule has 3 aromatic carbocycles. The molecule has 0 bridgehead atoms. The average Bonchev–Trinajstić information content (AvgIpc) is 3.02. The summed E-state index contributed by atoms with van der Waals surface area (Å²) in [6.07, 6.45) is 0. The molecular formula is C28H27N3O3. The fourth-order valence-corrected chi connectivity index (χ4v) is 3.95. The number of anilines is 3. The number of carbonyl (C=O) groups is 3. The van der Waals surface area contributed by atoms with Crippen LogP contribution in [0.5, 0.6) is 0 Å². The van der Waals surface area contributed by atoms with Gasteiger partial charge in [0.25, 0.3) is 11.8 Å². The first-order valence-electron chi connectivity index (χ1n) is 11.1. The van der Waals surface area contributed by atoms with E-state index in [4.69, 9.17) is 0 Å². The third kappa shape index (κ3) is 4.35. The number of carbonyl (C=O) groups excluding carboxylic acids is 3. The van der Waals surface area contributed by atoms with E-state index in [1.807, 2.05) is 64.1 Å². The highest BCUT2D eigenvalue weighted by atomic mass is 16.2. The van der Waals surface area contributed by atoms with E-state index in [1.165, 1.54) is 11.8 Å². The average molecular weight is 454 g/mol. The smallest absolute Gasteiger partial charge is 0.282 e. The summed E-state index contributed by atoms with van der Waals surface area (Å²) in [7, 11) is 0. The van der Waals surface area contributed by atoms with Gasteiger partial charge in [-0.1, -0.05) is 30.3 Å². The summed E-state index contributed by atoms with van der Waals surface area (Å²) in [5.41, 5.74) is 7.22. The molecule has 0 fully saturated rings. The lowest BCUT2D eigenvalue weighted by Crippen LogP contribution is -2.32. The minimum absolute atomic E-state index is 0.195. The van der Waals surface area contributed by atoms with Gasteiger partial charge < -0.3 is 10.6 Å². The number of hydrogen-bond donors (Lipinski definition) is 2. The molecule has 0 aliphatic carbocycles. The normalized spacial score (nSPS) is 13.5. The number of nitrogens with zero attached hydrogens (tertiary/aromatic N) is 1. The van der Waals surface area contributed by atoms with Crippen molar-refractivity contribution < 1.29 is 14.4 Å². The van der Waals surface area contributed by atoms with Crippen LogP contribution < -0.4 is 15.5 Å². The molecule has 0 spiro atoms. The minimum atomic E-state index is -0.425. The van der Waals surface area contributed by atoms with Gasteiger partial charge >= 0.3 is 0 Å². The summed E-state index contributed by atoms with van der Waals surface area (Å²) in [5, 5.41) is 5.95. The Bertz CT molecular complexity index is 1350. The number of aryl methyl sites for hydroxylation is 4. The van der Waals surface area contributed by atoms with Crippen molar-refractivity contribution >= 4 is 40.4 Å². The van der Waals surface area contributed by atoms with Crippen LogP contribution in [0.15, 0.2) is 66.4 Å². The number of rotatable bonds is 5. The van der Waals surface area contributed by atoms with Crippen molar-refractivity contribution in [1.29, 1.82) is 0 Å². The van der Waals surface area contributed by atoms with Crippen LogP contribution in [0.4, 0.5) is 17.1 Å². The topological polar surface area (TPSA) is 78.5 Å². The third-order valence-electron chi connectivity index (χ3n) is 5.98. The zero-order valence-electron chi connectivity index (χ0n) is 19.9. The van der Waals surface area contributed by atoms with Gasteiger partial charge in [0.15, 0.2) is 0 Å². The molecule has 6 nitrogen and oxygen atoms in total. The molecule has 0 saturated heterocycles. The van der Waals surface area contributed by atoms with Gasteiger partial charge in [-0.25, -0.2) is 4.90 Å². The Balaban J connectivity index is 1.80. The van der Waals surface area contributed by atoms with Crippen molar-refractivity contribution in [2.75, 3.05) is 15.5 Å². The highest BCUT2D eigenvalue weighted by Gasteiger charge is 2.40. The molecule has 1 aliphatic heterocycles. The van der Waals surface area contributed by atoms with Crippen molar-refractivity contribution in [3.8, 4) is 0 Å². The molecule has 3 aromatic rings. The van der Waals surface area contributed by atoms with Crippen LogP contribution in [-0.4, -0.2) is 17.7 Å². The Morgan fingerprint density at radius 1 is 0.765 bits per heavy atom. The van der Waals surface area contributed by atoms with E-state index >= 15 is 0 Å². The molecule has 0 atom stereocenters. The largest absolute Gasteiger partial charge is 0.350 e. The minimum Gasteiger partial charge on any atom is -0.350 e. The van der Waals surface area contributed by atoms with Gasteiger partial charge in [-0.3, -0.25) is 14.4 Å². The first-order chi connectivity index (χ1) is 16.2. The predicted octanol–water partition coefficient (Wildman–Crippen LogP) is 5.28. The van der Waals surface area contributed by atoms with Crippen LogP contribution in [0.3, 0.4) is 0 Å². The van der Waals surface area contributed by atoms with E-state index in [0.29, 0.717) is 22.5 Å². The van der Waals surface area contributed by atoms with Crippen LogP contribution in [-0.2, 0) is 14.4 Å². The van der Waals surface area contributed by atoms with E-state index in [9.17, 15) is 14.4 Å². The third-order valence-corrected chi connectivity index (χ3v) is 5.98. The Morgan fingerprint density at radius 2 is 1.44 bits per heavy atom. The highest BCUT2D eigenvalue weighted by Crippen LogP contribution is 2.35. The van der Waals surface area contributed by atoms with Crippen molar-refractivity contribution in [3.63, 3.8) is 0 Å². The lowest BCUT2D eigenvalue weighted by molar-refractivity contribution is -0.120. The molecule has 6 heteroatoms. The molecule has 2 N–H and O–H groups in total. The van der Waals surface area contributed by atoms with E-state index in [0.717, 1.165) is 27.9 Å². The lowest BCUT2D eigenvalue weighted by Gasteiger charge is -2.16. The van der Waals surface area contributed by atoms with E-state index in [2.05, 4.69) is 10.6 Å². The summed E-state index contributed by atoms with van der Waals surface area (Å²) in [4.78, 5) is 39.8. The monoisotopic (exact) mass is 453 g/mol. The van der Waals surface area contributed by atoms with Gasteiger partial charge in [0.1, 0.15) is 5.70 Å². The predicted molar refractivity (Wildman–Crippen MR) is 136 cm³/mol. The van der Waals surface area contributed by atoms with Crippen molar-refractivity contribution in [2.24, 2.45) is 0 Å². The molecular weight excluding hydrogens is 426 g/mol. The maximum atomic E-state index is 13.7. The summed E-state index contributed by atoms with van der Waals surface area (Å²) >= 11 is 0. The number of nitrogens with one attached hydrogen (secondary N) is 2. The van der Waals surface area contributed by atoms with Gasteiger partial charge in [0, 0.05) is 18.3 Å². The van der Waals surface area contributed by atoms with Gasteiger partial charge in [0.05, 0.1) is 11.3 Å². The molecule has 0 aromatic heterocycles. The molecule has 0 unspecified atom stereocenters. The van der Waals surface area contributed by atoms with Gasteiger partial charge in [-0.2, -0.15) is 0 Å². The molecule has 0 radical (unpaired) electrons. The first kappa shape index (κ1) is 23.0. The molecule has 4 rings (SSSR count). The number of amides is 3. The fourth-order valence-electron chi connectivity index (χ4n) is 3.95. The van der Waals surface area contributed by atoms with Crippen molar-refractivity contribution in [1.82, 2.24) is 0 Å². The fraction of sp³-hybridized carbons (Fsp3) is 0.179. The van der Waals surface area contributed by atoms with E-state index in [1.54, 1.807) is 24.3 Å². The summed E-state index contributed by atoms with van der Waals surface area (Å²) in [5.74, 6) is -1.01. The van der Waals surface area contributed by atoms with Crippen molar-refractivity contribution in [2.45, 2.75) is 34.6 Å². The van der Waals surface area contributed by atoms with Crippen LogP contribution in [0, 0.1) is 27.7 Å². The van der Waals surface area contributed by atoms with Gasteiger partial charge in [-0.15, -0.1) is 0 Å². The summed E-state index contributed by atoms with van der Waals surface area (Å²) < 4.78 is 0. The molecule has 172 valence electrons. The van der Waals surface area contributed by atoms with Crippen molar-refractivity contribution in [3.05, 3.63) is 94.2 Å². The van der Waals surface area contributed by atoms with E-state index < -0.39 is 11.8 Å². The second-order valence-electron chi connectivity index (χ2n) is 8.67. The van der Waals surface area contributed by atoms with E-state index in [-0.39, 0.29) is 11.6 Å². The molecule has 3 amide bonds. The number of hydrogen-bond acceptors (Lipinski definition) is 4. The first-order valence-corrected chi connectivity index (χ1v) is 11.1. The molecule has 1 heterocycles. The van der Waals surface area contributed by atoms with Gasteiger partial charge in [0.2, 0.25) is 5.91 Å². The Kier molecular flexibility index (Phi) is 6.07. The number of imide groups is 1. The summed E-state index contributed by atoms with van der Waals surface area (Å²) in [6, 6.07) is 18.4.